The number of ether oxygens (including phenoxy) is 1. The second-order valence-electron chi connectivity index (χ2n) is 5.78. The summed E-state index contributed by atoms with van der Waals surface area (Å²) in [7, 11) is 1.59. The van der Waals surface area contributed by atoms with Gasteiger partial charge in [0.2, 0.25) is 11.1 Å². The van der Waals surface area contributed by atoms with Crippen LogP contribution in [0.4, 0.5) is 5.69 Å². The number of carbonyl (C=O) groups excluding carboxylic acids is 1. The molecule has 7 nitrogen and oxygen atoms in total. The SMILES string of the molecule is COc1ccc(C)cc1-n1nnnc1S[C@@H](C)C(=O)Nc1ccccc1Cl. The third kappa shape index (κ3) is 4.40. The fourth-order valence-electron chi connectivity index (χ4n) is 2.38. The van der Waals surface area contributed by atoms with Crippen LogP contribution in [0.3, 0.4) is 0 Å². The van der Waals surface area contributed by atoms with Crippen molar-refractivity contribution in [3.63, 3.8) is 0 Å². The van der Waals surface area contributed by atoms with E-state index in [1.165, 1.54) is 11.8 Å². The summed E-state index contributed by atoms with van der Waals surface area (Å²) in [6.07, 6.45) is 0. The molecule has 2 aromatic carbocycles. The van der Waals surface area contributed by atoms with Gasteiger partial charge in [-0.25, -0.2) is 0 Å². The number of tetrazole rings is 1. The highest BCUT2D eigenvalue weighted by Crippen LogP contribution is 2.29. The number of anilines is 1. The summed E-state index contributed by atoms with van der Waals surface area (Å²) >= 11 is 7.34. The average Bonchev–Trinajstić information content (AvgIpc) is 3.11. The number of nitrogens with one attached hydrogen (secondary N) is 1. The molecule has 0 aliphatic heterocycles. The lowest BCUT2D eigenvalue weighted by Crippen LogP contribution is -2.23. The summed E-state index contributed by atoms with van der Waals surface area (Å²) < 4.78 is 6.97. The minimum absolute atomic E-state index is 0.196. The first kappa shape index (κ1) is 19.2. The Labute approximate surface area is 166 Å². The Morgan fingerprint density at radius 1 is 1.30 bits per heavy atom. The van der Waals surface area contributed by atoms with Crippen molar-refractivity contribution in [2.75, 3.05) is 12.4 Å². The molecule has 27 heavy (non-hydrogen) atoms. The van der Waals surface area contributed by atoms with Crippen LogP contribution in [0.5, 0.6) is 5.75 Å². The monoisotopic (exact) mass is 403 g/mol. The Morgan fingerprint density at radius 2 is 2.07 bits per heavy atom. The third-order valence-corrected chi connectivity index (χ3v) is 5.15. The number of nitrogens with zero attached hydrogens (tertiary/aromatic N) is 4. The molecule has 0 bridgehead atoms. The molecule has 0 saturated heterocycles. The number of hydrogen-bond acceptors (Lipinski definition) is 6. The first-order valence-electron chi connectivity index (χ1n) is 8.15. The smallest absolute Gasteiger partial charge is 0.237 e. The molecule has 1 heterocycles. The first-order chi connectivity index (χ1) is 13.0. The van der Waals surface area contributed by atoms with Gasteiger partial charge in [-0.2, -0.15) is 4.68 Å². The minimum atomic E-state index is -0.443. The normalized spacial score (nSPS) is 11.9. The fraction of sp³-hybridized carbons (Fsp3) is 0.222. The van der Waals surface area contributed by atoms with Gasteiger partial charge < -0.3 is 10.1 Å². The highest BCUT2D eigenvalue weighted by atomic mass is 35.5. The minimum Gasteiger partial charge on any atom is -0.494 e. The van der Waals surface area contributed by atoms with Gasteiger partial charge in [0, 0.05) is 0 Å². The van der Waals surface area contributed by atoms with Gasteiger partial charge in [0.05, 0.1) is 23.1 Å². The number of aryl methyl sites for hydroxylation is 1. The Hall–Kier alpha value is -2.58. The van der Waals surface area contributed by atoms with Crippen molar-refractivity contribution in [3.8, 4) is 11.4 Å². The summed E-state index contributed by atoms with van der Waals surface area (Å²) in [6.45, 7) is 3.75. The van der Waals surface area contributed by atoms with E-state index in [9.17, 15) is 4.79 Å². The molecule has 0 unspecified atom stereocenters. The molecule has 0 aliphatic rings. The van der Waals surface area contributed by atoms with E-state index in [0.717, 1.165) is 5.56 Å². The van der Waals surface area contributed by atoms with Crippen molar-refractivity contribution in [2.24, 2.45) is 0 Å². The van der Waals surface area contributed by atoms with E-state index < -0.39 is 5.25 Å². The van der Waals surface area contributed by atoms with Crippen molar-refractivity contribution >= 4 is 35.0 Å². The van der Waals surface area contributed by atoms with Crippen molar-refractivity contribution in [1.29, 1.82) is 0 Å². The van der Waals surface area contributed by atoms with Crippen molar-refractivity contribution in [2.45, 2.75) is 24.3 Å². The summed E-state index contributed by atoms with van der Waals surface area (Å²) in [5.74, 6) is 0.446. The molecular formula is C18H18ClN5O2S. The standard InChI is InChI=1S/C18H18ClN5O2S/c1-11-8-9-16(26-3)15(10-11)24-18(21-22-23-24)27-12(2)17(25)20-14-7-5-4-6-13(14)19/h4-10,12H,1-3H3,(H,20,25)/t12-/m0/s1. The number of rotatable bonds is 6. The van der Waals surface area contributed by atoms with Crippen molar-refractivity contribution in [3.05, 3.63) is 53.1 Å². The number of benzene rings is 2. The van der Waals surface area contributed by atoms with Crippen LogP contribution in [-0.4, -0.2) is 38.5 Å². The lowest BCUT2D eigenvalue weighted by molar-refractivity contribution is -0.115. The summed E-state index contributed by atoms with van der Waals surface area (Å²) in [5, 5.41) is 15.2. The Bertz CT molecular complexity index is 962. The lowest BCUT2D eigenvalue weighted by Gasteiger charge is -2.14. The van der Waals surface area contributed by atoms with Crippen LogP contribution in [0.2, 0.25) is 5.02 Å². The number of thioether (sulfide) groups is 1. The number of aromatic nitrogens is 4. The molecular weight excluding hydrogens is 386 g/mol. The zero-order valence-electron chi connectivity index (χ0n) is 15.0. The molecule has 0 aliphatic carbocycles. The number of halogens is 1. The van der Waals surface area contributed by atoms with Crippen LogP contribution < -0.4 is 10.1 Å². The zero-order valence-corrected chi connectivity index (χ0v) is 16.6. The van der Waals surface area contributed by atoms with Gasteiger partial charge in [-0.1, -0.05) is 41.6 Å². The zero-order chi connectivity index (χ0) is 19.4. The molecule has 0 radical (unpaired) electrons. The maximum atomic E-state index is 12.5. The van der Waals surface area contributed by atoms with E-state index in [2.05, 4.69) is 20.8 Å². The van der Waals surface area contributed by atoms with E-state index in [1.54, 1.807) is 36.9 Å². The van der Waals surface area contributed by atoms with Gasteiger partial charge in [0.1, 0.15) is 11.4 Å². The van der Waals surface area contributed by atoms with Crippen LogP contribution in [-0.2, 0) is 4.79 Å². The quantitative estimate of drug-likeness (QED) is 0.631. The summed E-state index contributed by atoms with van der Waals surface area (Å²) in [5.41, 5.74) is 2.32. The molecule has 140 valence electrons. The Balaban J connectivity index is 1.79. The first-order valence-corrected chi connectivity index (χ1v) is 9.41. The maximum Gasteiger partial charge on any atom is 0.237 e. The molecule has 9 heteroatoms. The van der Waals surface area contributed by atoms with E-state index in [-0.39, 0.29) is 5.91 Å². The molecule has 1 atom stereocenters. The number of amides is 1. The maximum absolute atomic E-state index is 12.5. The van der Waals surface area contributed by atoms with Gasteiger partial charge in [-0.15, -0.1) is 5.10 Å². The predicted molar refractivity (Wildman–Crippen MR) is 106 cm³/mol. The van der Waals surface area contributed by atoms with E-state index >= 15 is 0 Å². The van der Waals surface area contributed by atoms with Gasteiger partial charge in [-0.05, 0) is 54.1 Å². The van der Waals surface area contributed by atoms with Crippen LogP contribution in [0.25, 0.3) is 5.69 Å². The van der Waals surface area contributed by atoms with Crippen LogP contribution in [0, 0.1) is 6.92 Å². The number of carbonyl (C=O) groups is 1. The highest BCUT2D eigenvalue weighted by Gasteiger charge is 2.21. The molecule has 0 spiro atoms. The van der Waals surface area contributed by atoms with Crippen LogP contribution >= 0.6 is 23.4 Å². The number of methoxy groups -OCH3 is 1. The highest BCUT2D eigenvalue weighted by molar-refractivity contribution is 8.00. The second-order valence-corrected chi connectivity index (χ2v) is 7.49. The summed E-state index contributed by atoms with van der Waals surface area (Å²) in [4.78, 5) is 12.5. The lowest BCUT2D eigenvalue weighted by atomic mass is 10.2. The molecule has 3 aromatic rings. The number of hydrogen-bond donors (Lipinski definition) is 1. The molecule has 0 saturated carbocycles. The van der Waals surface area contributed by atoms with Gasteiger partial charge in [0.15, 0.2) is 0 Å². The average molecular weight is 404 g/mol. The predicted octanol–water partition coefficient (Wildman–Crippen LogP) is 3.75. The molecule has 1 amide bonds. The van der Waals surface area contributed by atoms with Gasteiger partial charge in [-0.3, -0.25) is 4.79 Å². The van der Waals surface area contributed by atoms with Gasteiger partial charge >= 0.3 is 0 Å². The fourth-order valence-corrected chi connectivity index (χ4v) is 3.36. The summed E-state index contributed by atoms with van der Waals surface area (Å²) in [6, 6.07) is 12.8. The molecule has 1 N–H and O–H groups in total. The molecule has 1 aromatic heterocycles. The van der Waals surface area contributed by atoms with E-state index in [4.69, 9.17) is 16.3 Å². The van der Waals surface area contributed by atoms with Crippen molar-refractivity contribution in [1.82, 2.24) is 20.2 Å². The topological polar surface area (TPSA) is 81.9 Å². The van der Waals surface area contributed by atoms with Crippen molar-refractivity contribution < 1.29 is 9.53 Å². The van der Waals surface area contributed by atoms with E-state index in [0.29, 0.717) is 27.3 Å². The largest absolute Gasteiger partial charge is 0.494 e. The number of para-hydroxylation sites is 1. The Kier molecular flexibility index (Phi) is 5.98. The third-order valence-electron chi connectivity index (χ3n) is 3.79. The molecule has 3 rings (SSSR count). The Morgan fingerprint density at radius 3 is 2.81 bits per heavy atom. The van der Waals surface area contributed by atoms with Gasteiger partial charge in [0.25, 0.3) is 0 Å². The molecule has 0 fully saturated rings. The van der Waals surface area contributed by atoms with Crippen LogP contribution in [0.1, 0.15) is 12.5 Å². The van der Waals surface area contributed by atoms with E-state index in [1.807, 2.05) is 31.2 Å². The second kappa shape index (κ2) is 8.41. The van der Waals surface area contributed by atoms with Crippen LogP contribution in [0.15, 0.2) is 47.6 Å².